The number of aromatic nitrogens is 2. The van der Waals surface area contributed by atoms with E-state index < -0.39 is 0 Å². The summed E-state index contributed by atoms with van der Waals surface area (Å²) < 4.78 is 3.76. The second-order valence-corrected chi connectivity index (χ2v) is 4.67. The summed E-state index contributed by atoms with van der Waals surface area (Å²) in [7, 11) is 0. The number of nitrogens with zero attached hydrogens (tertiary/aromatic N) is 2. The van der Waals surface area contributed by atoms with Crippen molar-refractivity contribution in [1.82, 2.24) is 14.9 Å². The fourth-order valence-corrected chi connectivity index (χ4v) is 1.31. The molecule has 0 atom stereocenters. The minimum Gasteiger partial charge on any atom is -0.373 e. The highest BCUT2D eigenvalue weighted by atomic mass is 32.1. The van der Waals surface area contributed by atoms with Gasteiger partial charge < -0.3 is 10.6 Å². The Bertz CT molecular complexity index is 227. The van der Waals surface area contributed by atoms with Crippen LogP contribution in [0.3, 0.4) is 0 Å². The molecule has 0 aliphatic carbocycles. The van der Waals surface area contributed by atoms with Crippen LogP contribution in [0, 0.1) is 0 Å². The first-order valence-electron chi connectivity index (χ1n) is 4.34. The molecule has 0 spiro atoms. The summed E-state index contributed by atoms with van der Waals surface area (Å²) in [5.41, 5.74) is 0.188. The minimum absolute atomic E-state index is 0.188. The van der Waals surface area contributed by atoms with Crippen molar-refractivity contribution < 1.29 is 0 Å². The molecule has 0 aliphatic rings. The van der Waals surface area contributed by atoms with Crippen LogP contribution in [0.5, 0.6) is 0 Å². The molecule has 0 unspecified atom stereocenters. The first-order chi connectivity index (χ1) is 6.08. The van der Waals surface area contributed by atoms with Gasteiger partial charge in [-0.25, -0.2) is 0 Å². The molecule has 1 aromatic heterocycles. The van der Waals surface area contributed by atoms with Crippen LogP contribution in [0.15, 0.2) is 6.20 Å². The lowest BCUT2D eigenvalue weighted by atomic mass is 10.1. The highest BCUT2D eigenvalue weighted by Gasteiger charge is 2.06. The van der Waals surface area contributed by atoms with Crippen molar-refractivity contribution in [2.75, 3.05) is 18.4 Å². The Labute approximate surface area is 82.9 Å². The van der Waals surface area contributed by atoms with E-state index in [1.165, 1.54) is 11.5 Å². The molecule has 1 heterocycles. The summed E-state index contributed by atoms with van der Waals surface area (Å²) >= 11 is 1.38. The second kappa shape index (κ2) is 4.53. The quantitative estimate of drug-likeness (QED) is 0.720. The summed E-state index contributed by atoms with van der Waals surface area (Å²) in [4.78, 5) is 0. The molecule has 74 valence electrons. The molecule has 0 aliphatic heterocycles. The second-order valence-electron chi connectivity index (χ2n) is 3.89. The SMILES string of the molecule is CC(C)(C)NCCNc1cnns1. The Morgan fingerprint density at radius 2 is 2.15 bits per heavy atom. The van der Waals surface area contributed by atoms with Crippen LogP contribution in [0.25, 0.3) is 0 Å². The van der Waals surface area contributed by atoms with Gasteiger partial charge in [0.25, 0.3) is 0 Å². The Balaban J connectivity index is 2.09. The fraction of sp³-hybridized carbons (Fsp3) is 0.750. The van der Waals surface area contributed by atoms with Gasteiger partial charge >= 0.3 is 0 Å². The highest BCUT2D eigenvalue weighted by Crippen LogP contribution is 2.07. The molecule has 0 amide bonds. The van der Waals surface area contributed by atoms with Gasteiger partial charge in [-0.3, -0.25) is 0 Å². The van der Waals surface area contributed by atoms with E-state index in [1.807, 2.05) is 0 Å². The van der Waals surface area contributed by atoms with Crippen LogP contribution >= 0.6 is 11.5 Å². The van der Waals surface area contributed by atoms with Gasteiger partial charge in [-0.1, -0.05) is 4.49 Å². The largest absolute Gasteiger partial charge is 0.373 e. The number of nitrogens with one attached hydrogen (secondary N) is 2. The average molecular weight is 200 g/mol. The first-order valence-corrected chi connectivity index (χ1v) is 5.11. The van der Waals surface area contributed by atoms with Gasteiger partial charge in [0, 0.05) is 30.2 Å². The van der Waals surface area contributed by atoms with Crippen LogP contribution in [-0.4, -0.2) is 28.2 Å². The lowest BCUT2D eigenvalue weighted by molar-refractivity contribution is 0.435. The Kier molecular flexibility index (Phi) is 3.62. The zero-order chi connectivity index (χ0) is 9.73. The summed E-state index contributed by atoms with van der Waals surface area (Å²) in [6.07, 6.45) is 1.74. The molecule has 0 radical (unpaired) electrons. The lowest BCUT2D eigenvalue weighted by Crippen LogP contribution is -2.38. The van der Waals surface area contributed by atoms with Crippen molar-refractivity contribution in [1.29, 1.82) is 0 Å². The van der Waals surface area contributed by atoms with Crippen molar-refractivity contribution in [2.45, 2.75) is 26.3 Å². The molecule has 2 N–H and O–H groups in total. The fourth-order valence-electron chi connectivity index (χ4n) is 0.868. The van der Waals surface area contributed by atoms with Gasteiger partial charge in [0.2, 0.25) is 0 Å². The van der Waals surface area contributed by atoms with E-state index >= 15 is 0 Å². The molecule has 1 aromatic rings. The maximum atomic E-state index is 3.76. The monoisotopic (exact) mass is 200 g/mol. The number of hydrogen-bond donors (Lipinski definition) is 2. The molecule has 5 heteroatoms. The van der Waals surface area contributed by atoms with E-state index in [0.29, 0.717) is 0 Å². The first kappa shape index (κ1) is 10.4. The number of rotatable bonds is 4. The van der Waals surface area contributed by atoms with Gasteiger partial charge in [0.15, 0.2) is 0 Å². The summed E-state index contributed by atoms with van der Waals surface area (Å²) in [5, 5.41) is 11.4. The predicted molar refractivity (Wildman–Crippen MR) is 56.2 cm³/mol. The third-order valence-corrected chi connectivity index (χ3v) is 2.06. The molecular formula is C8H16N4S. The van der Waals surface area contributed by atoms with Gasteiger partial charge in [-0.05, 0) is 20.8 Å². The van der Waals surface area contributed by atoms with Crippen LogP contribution in [0.2, 0.25) is 0 Å². The van der Waals surface area contributed by atoms with Gasteiger partial charge in [0.1, 0.15) is 5.00 Å². The third kappa shape index (κ3) is 4.80. The summed E-state index contributed by atoms with van der Waals surface area (Å²) in [5.74, 6) is 0. The van der Waals surface area contributed by atoms with E-state index in [0.717, 1.165) is 18.1 Å². The van der Waals surface area contributed by atoms with E-state index in [4.69, 9.17) is 0 Å². The van der Waals surface area contributed by atoms with Gasteiger partial charge in [0.05, 0.1) is 6.20 Å². The smallest absolute Gasteiger partial charge is 0.130 e. The standard InChI is InChI=1S/C8H16N4S/c1-8(2,3)10-5-4-9-7-6-11-12-13-7/h6,9-10H,4-5H2,1-3H3. The lowest BCUT2D eigenvalue weighted by Gasteiger charge is -2.20. The van der Waals surface area contributed by atoms with Gasteiger partial charge in [-0.15, -0.1) is 5.10 Å². The van der Waals surface area contributed by atoms with E-state index in [-0.39, 0.29) is 5.54 Å². The molecule has 1 rings (SSSR count). The van der Waals surface area contributed by atoms with E-state index in [2.05, 4.69) is 41.0 Å². The topological polar surface area (TPSA) is 49.8 Å². The van der Waals surface area contributed by atoms with Crippen molar-refractivity contribution in [3.8, 4) is 0 Å². The number of anilines is 1. The highest BCUT2D eigenvalue weighted by molar-refractivity contribution is 7.09. The van der Waals surface area contributed by atoms with Crippen molar-refractivity contribution in [3.63, 3.8) is 0 Å². The van der Waals surface area contributed by atoms with Gasteiger partial charge in [-0.2, -0.15) is 0 Å². The minimum atomic E-state index is 0.188. The zero-order valence-electron chi connectivity index (χ0n) is 8.29. The Hall–Kier alpha value is -0.680. The van der Waals surface area contributed by atoms with Crippen molar-refractivity contribution >= 4 is 16.5 Å². The zero-order valence-corrected chi connectivity index (χ0v) is 9.11. The van der Waals surface area contributed by atoms with Crippen LogP contribution in [-0.2, 0) is 0 Å². The maximum Gasteiger partial charge on any atom is 0.130 e. The van der Waals surface area contributed by atoms with E-state index in [1.54, 1.807) is 6.20 Å². The Morgan fingerprint density at radius 3 is 2.69 bits per heavy atom. The molecule has 0 saturated heterocycles. The molecule has 0 saturated carbocycles. The molecule has 0 aromatic carbocycles. The molecule has 13 heavy (non-hydrogen) atoms. The molecule has 0 bridgehead atoms. The number of hydrogen-bond acceptors (Lipinski definition) is 5. The van der Waals surface area contributed by atoms with Crippen molar-refractivity contribution in [3.05, 3.63) is 6.20 Å². The molecule has 0 fully saturated rings. The molecular weight excluding hydrogens is 184 g/mol. The van der Waals surface area contributed by atoms with Crippen LogP contribution in [0.1, 0.15) is 20.8 Å². The normalized spacial score (nSPS) is 11.6. The van der Waals surface area contributed by atoms with E-state index in [9.17, 15) is 0 Å². The van der Waals surface area contributed by atoms with Crippen LogP contribution < -0.4 is 10.6 Å². The van der Waals surface area contributed by atoms with Crippen LogP contribution in [0.4, 0.5) is 5.00 Å². The summed E-state index contributed by atoms with van der Waals surface area (Å²) in [6, 6.07) is 0. The predicted octanol–water partition coefficient (Wildman–Crippen LogP) is 1.34. The molecule has 4 nitrogen and oxygen atoms in total. The average Bonchev–Trinajstić information content (AvgIpc) is 2.48. The summed E-state index contributed by atoms with van der Waals surface area (Å²) in [6.45, 7) is 8.31. The van der Waals surface area contributed by atoms with Crippen molar-refractivity contribution in [2.24, 2.45) is 0 Å². The maximum absolute atomic E-state index is 3.76. The Morgan fingerprint density at radius 1 is 1.38 bits per heavy atom. The third-order valence-electron chi connectivity index (χ3n) is 1.44.